The molecule has 1 aliphatic carbocycles. The van der Waals surface area contributed by atoms with Crippen LogP contribution in [0.3, 0.4) is 0 Å². The number of carbonyl (C=O) groups excluding carboxylic acids is 1. The number of rotatable bonds is 7. The highest BCUT2D eigenvalue weighted by Crippen LogP contribution is 2.29. The van der Waals surface area contributed by atoms with E-state index in [0.717, 1.165) is 12.8 Å². The first-order valence-electron chi connectivity index (χ1n) is 5.07. The first-order valence-corrected chi connectivity index (χ1v) is 6.23. The standard InChI is InChI=1S/C10H14N2O3S/c11-3-4-16-7-9(13)12(6-10(14)15)5-8-1-2-8/h8H,1-2,4-7H2,(H,14,15). The van der Waals surface area contributed by atoms with Gasteiger partial charge in [-0.2, -0.15) is 5.26 Å². The van der Waals surface area contributed by atoms with Gasteiger partial charge in [-0.1, -0.05) is 0 Å². The van der Waals surface area contributed by atoms with Gasteiger partial charge in [-0.15, -0.1) is 11.8 Å². The minimum atomic E-state index is -0.987. The fourth-order valence-corrected chi connectivity index (χ4v) is 1.86. The summed E-state index contributed by atoms with van der Waals surface area (Å²) < 4.78 is 0. The van der Waals surface area contributed by atoms with E-state index >= 15 is 0 Å². The highest BCUT2D eigenvalue weighted by Gasteiger charge is 2.27. The molecule has 1 fully saturated rings. The SMILES string of the molecule is N#CCSCC(=O)N(CC(=O)O)CC1CC1. The first kappa shape index (κ1) is 12.8. The van der Waals surface area contributed by atoms with Crippen molar-refractivity contribution in [3.05, 3.63) is 0 Å². The zero-order valence-corrected chi connectivity index (χ0v) is 9.70. The summed E-state index contributed by atoms with van der Waals surface area (Å²) >= 11 is 1.22. The van der Waals surface area contributed by atoms with Gasteiger partial charge in [0.25, 0.3) is 0 Å². The van der Waals surface area contributed by atoms with Crippen molar-refractivity contribution in [1.82, 2.24) is 4.90 Å². The summed E-state index contributed by atoms with van der Waals surface area (Å²) in [5, 5.41) is 17.0. The van der Waals surface area contributed by atoms with Crippen LogP contribution < -0.4 is 0 Å². The largest absolute Gasteiger partial charge is 0.480 e. The average molecular weight is 242 g/mol. The van der Waals surface area contributed by atoms with Crippen LogP contribution in [-0.4, -0.2) is 46.5 Å². The lowest BCUT2D eigenvalue weighted by Crippen LogP contribution is -2.38. The molecule has 0 aromatic carbocycles. The van der Waals surface area contributed by atoms with Crippen LogP contribution >= 0.6 is 11.8 Å². The molecular weight excluding hydrogens is 228 g/mol. The lowest BCUT2D eigenvalue weighted by Gasteiger charge is -2.20. The summed E-state index contributed by atoms with van der Waals surface area (Å²) in [5.41, 5.74) is 0. The molecule has 6 heteroatoms. The molecule has 0 unspecified atom stereocenters. The molecule has 1 saturated carbocycles. The molecule has 88 valence electrons. The number of nitrogens with zero attached hydrogens (tertiary/aromatic N) is 2. The maximum absolute atomic E-state index is 11.6. The van der Waals surface area contributed by atoms with Crippen LogP contribution in [0.2, 0.25) is 0 Å². The van der Waals surface area contributed by atoms with E-state index in [1.54, 1.807) is 0 Å². The highest BCUT2D eigenvalue weighted by atomic mass is 32.2. The third-order valence-electron chi connectivity index (χ3n) is 2.25. The quantitative estimate of drug-likeness (QED) is 0.660. The lowest BCUT2D eigenvalue weighted by atomic mass is 10.3. The molecule has 1 N–H and O–H groups in total. The zero-order chi connectivity index (χ0) is 12.0. The maximum Gasteiger partial charge on any atom is 0.323 e. The number of carboxylic acids is 1. The Labute approximate surface area is 98.4 Å². The Bertz CT molecular complexity index is 310. The molecule has 0 aromatic heterocycles. The van der Waals surface area contributed by atoms with Crippen LogP contribution in [0.1, 0.15) is 12.8 Å². The molecule has 0 aromatic rings. The molecule has 1 aliphatic rings. The van der Waals surface area contributed by atoms with Crippen LogP contribution in [-0.2, 0) is 9.59 Å². The number of carbonyl (C=O) groups is 2. The van der Waals surface area contributed by atoms with E-state index in [0.29, 0.717) is 12.5 Å². The third kappa shape index (κ3) is 5.03. The van der Waals surface area contributed by atoms with E-state index in [1.807, 2.05) is 6.07 Å². The summed E-state index contributed by atoms with van der Waals surface area (Å²) in [6, 6.07) is 1.93. The van der Waals surface area contributed by atoms with Gasteiger partial charge < -0.3 is 10.0 Å². The predicted octanol–water partition coefficient (Wildman–Crippen LogP) is 0.566. The van der Waals surface area contributed by atoms with Crippen molar-refractivity contribution >= 4 is 23.6 Å². The number of nitriles is 1. The van der Waals surface area contributed by atoms with Gasteiger partial charge in [0.1, 0.15) is 6.54 Å². The normalized spacial score (nSPS) is 14.2. The van der Waals surface area contributed by atoms with E-state index in [2.05, 4.69) is 0 Å². The van der Waals surface area contributed by atoms with Crippen LogP contribution in [0, 0.1) is 17.2 Å². The van der Waals surface area contributed by atoms with Crippen molar-refractivity contribution in [2.45, 2.75) is 12.8 Å². The van der Waals surface area contributed by atoms with Gasteiger partial charge in [0.15, 0.2) is 0 Å². The first-order chi connectivity index (χ1) is 7.63. The summed E-state index contributed by atoms with van der Waals surface area (Å²) in [6.07, 6.45) is 2.16. The molecule has 0 bridgehead atoms. The predicted molar refractivity (Wildman–Crippen MR) is 59.9 cm³/mol. The van der Waals surface area contributed by atoms with E-state index in [-0.39, 0.29) is 24.0 Å². The van der Waals surface area contributed by atoms with Gasteiger partial charge in [-0.05, 0) is 18.8 Å². The Kier molecular flexibility index (Phi) is 5.12. The van der Waals surface area contributed by atoms with Gasteiger partial charge in [-0.3, -0.25) is 9.59 Å². The van der Waals surface area contributed by atoms with Gasteiger partial charge in [0.2, 0.25) is 5.91 Å². The number of aliphatic carboxylic acids is 1. The molecule has 0 atom stereocenters. The topological polar surface area (TPSA) is 81.4 Å². The Morgan fingerprint density at radius 2 is 2.19 bits per heavy atom. The molecular formula is C10H14N2O3S. The Morgan fingerprint density at radius 3 is 2.69 bits per heavy atom. The lowest BCUT2D eigenvalue weighted by molar-refractivity contribution is -0.143. The van der Waals surface area contributed by atoms with E-state index in [9.17, 15) is 9.59 Å². The van der Waals surface area contributed by atoms with Crippen LogP contribution in [0.25, 0.3) is 0 Å². The molecule has 0 aliphatic heterocycles. The molecule has 0 radical (unpaired) electrons. The summed E-state index contributed by atoms with van der Waals surface area (Å²) in [5.74, 6) is -0.248. The van der Waals surface area contributed by atoms with E-state index in [4.69, 9.17) is 10.4 Å². The second-order valence-electron chi connectivity index (χ2n) is 3.76. The third-order valence-corrected chi connectivity index (χ3v) is 3.03. The molecule has 0 saturated heterocycles. The van der Waals surface area contributed by atoms with Crippen molar-refractivity contribution in [2.24, 2.45) is 5.92 Å². The van der Waals surface area contributed by atoms with Gasteiger partial charge >= 0.3 is 5.97 Å². The zero-order valence-electron chi connectivity index (χ0n) is 8.89. The molecule has 5 nitrogen and oxygen atoms in total. The van der Waals surface area contributed by atoms with Gasteiger partial charge in [0.05, 0.1) is 17.6 Å². The number of hydrogen-bond donors (Lipinski definition) is 1. The van der Waals surface area contributed by atoms with Crippen LogP contribution in [0.15, 0.2) is 0 Å². The number of amides is 1. The second-order valence-corrected chi connectivity index (χ2v) is 4.75. The number of thioether (sulfide) groups is 1. The van der Waals surface area contributed by atoms with Crippen molar-refractivity contribution < 1.29 is 14.7 Å². The minimum absolute atomic E-state index is 0.186. The van der Waals surface area contributed by atoms with E-state index < -0.39 is 5.97 Å². The second kappa shape index (κ2) is 6.38. The average Bonchev–Trinajstić information content (AvgIpc) is 3.00. The van der Waals surface area contributed by atoms with Gasteiger partial charge in [0, 0.05) is 6.54 Å². The summed E-state index contributed by atoms with van der Waals surface area (Å²) in [6.45, 7) is 0.306. The Balaban J connectivity index is 2.36. The minimum Gasteiger partial charge on any atom is -0.480 e. The van der Waals surface area contributed by atoms with Crippen molar-refractivity contribution in [2.75, 3.05) is 24.6 Å². The van der Waals surface area contributed by atoms with Crippen LogP contribution in [0.4, 0.5) is 0 Å². The maximum atomic E-state index is 11.6. The molecule has 16 heavy (non-hydrogen) atoms. The van der Waals surface area contributed by atoms with Crippen LogP contribution in [0.5, 0.6) is 0 Å². The molecule has 1 rings (SSSR count). The fourth-order valence-electron chi connectivity index (χ4n) is 1.31. The van der Waals surface area contributed by atoms with Gasteiger partial charge in [-0.25, -0.2) is 0 Å². The molecule has 1 amide bonds. The fraction of sp³-hybridized carbons (Fsp3) is 0.700. The van der Waals surface area contributed by atoms with Crippen molar-refractivity contribution in [1.29, 1.82) is 5.26 Å². The van der Waals surface area contributed by atoms with Crippen molar-refractivity contribution in [3.63, 3.8) is 0 Å². The Morgan fingerprint density at radius 1 is 1.50 bits per heavy atom. The monoisotopic (exact) mass is 242 g/mol. The molecule has 0 spiro atoms. The molecule has 0 heterocycles. The van der Waals surface area contributed by atoms with Crippen molar-refractivity contribution in [3.8, 4) is 6.07 Å². The number of hydrogen-bond acceptors (Lipinski definition) is 4. The highest BCUT2D eigenvalue weighted by molar-refractivity contribution is 8.00. The summed E-state index contributed by atoms with van der Waals surface area (Å²) in [7, 11) is 0. The number of carboxylic acid groups (broad SMARTS) is 1. The van der Waals surface area contributed by atoms with E-state index in [1.165, 1.54) is 16.7 Å². The Hall–Kier alpha value is -1.22. The summed E-state index contributed by atoms with van der Waals surface area (Å²) in [4.78, 5) is 23.6. The smallest absolute Gasteiger partial charge is 0.323 e.